The van der Waals surface area contributed by atoms with Crippen LogP contribution in [0.1, 0.15) is 31.4 Å². The molecule has 0 fully saturated rings. The van der Waals surface area contributed by atoms with E-state index in [1.807, 2.05) is 17.5 Å². The van der Waals surface area contributed by atoms with Crippen molar-refractivity contribution in [3.8, 4) is 16.4 Å². The zero-order valence-corrected chi connectivity index (χ0v) is 16.3. The van der Waals surface area contributed by atoms with Crippen LogP contribution in [0.15, 0.2) is 41.8 Å². The maximum Gasteiger partial charge on any atom is 0.378 e. The van der Waals surface area contributed by atoms with Gasteiger partial charge in [-0.2, -0.15) is 4.98 Å². The number of hydrogen-bond acceptors (Lipinski definition) is 7. The standard InChI is InChI=1S/C19H18FN3O4S/c1-19(2,3)27-15(24)11-26-18(25)16-21-17(14-5-4-10-28-14)23(22-16)13-8-6-12(20)7-9-13/h4-10H,11H2,1-3H3. The molecule has 3 aromatic rings. The summed E-state index contributed by atoms with van der Waals surface area (Å²) in [4.78, 5) is 29.1. The smallest absolute Gasteiger partial charge is 0.378 e. The van der Waals surface area contributed by atoms with Crippen LogP contribution in [0.5, 0.6) is 0 Å². The number of ether oxygens (including phenoxy) is 2. The summed E-state index contributed by atoms with van der Waals surface area (Å²) in [6.07, 6.45) is 0. The number of carbonyl (C=O) groups is 2. The third-order valence-corrected chi connectivity index (χ3v) is 4.21. The number of thiophene rings is 1. The van der Waals surface area contributed by atoms with Gasteiger partial charge in [0.15, 0.2) is 12.4 Å². The van der Waals surface area contributed by atoms with Gasteiger partial charge in [-0.3, -0.25) is 0 Å². The Morgan fingerprint density at radius 3 is 2.50 bits per heavy atom. The van der Waals surface area contributed by atoms with Crippen LogP contribution >= 0.6 is 11.3 Å². The number of aromatic nitrogens is 3. The first kappa shape index (κ1) is 19.7. The van der Waals surface area contributed by atoms with Crippen LogP contribution in [0.4, 0.5) is 4.39 Å². The van der Waals surface area contributed by atoms with Crippen molar-refractivity contribution in [2.24, 2.45) is 0 Å². The van der Waals surface area contributed by atoms with Crippen molar-refractivity contribution in [2.45, 2.75) is 26.4 Å². The van der Waals surface area contributed by atoms with Gasteiger partial charge in [0.05, 0.1) is 10.6 Å². The second kappa shape index (κ2) is 7.89. The third-order valence-electron chi connectivity index (χ3n) is 3.34. The highest BCUT2D eigenvalue weighted by molar-refractivity contribution is 7.13. The topological polar surface area (TPSA) is 83.3 Å². The molecule has 0 bridgehead atoms. The van der Waals surface area contributed by atoms with Crippen molar-refractivity contribution >= 4 is 23.3 Å². The fourth-order valence-electron chi connectivity index (χ4n) is 2.29. The molecule has 0 aliphatic rings. The highest BCUT2D eigenvalue weighted by Crippen LogP contribution is 2.25. The van der Waals surface area contributed by atoms with E-state index in [2.05, 4.69) is 10.1 Å². The minimum Gasteiger partial charge on any atom is -0.457 e. The lowest BCUT2D eigenvalue weighted by Gasteiger charge is -2.19. The van der Waals surface area contributed by atoms with Crippen molar-refractivity contribution in [1.29, 1.82) is 0 Å². The molecule has 9 heteroatoms. The minimum absolute atomic E-state index is 0.212. The number of benzene rings is 1. The maximum absolute atomic E-state index is 13.2. The van der Waals surface area contributed by atoms with E-state index in [4.69, 9.17) is 9.47 Å². The molecule has 3 rings (SSSR count). The summed E-state index contributed by atoms with van der Waals surface area (Å²) >= 11 is 1.41. The highest BCUT2D eigenvalue weighted by Gasteiger charge is 2.23. The summed E-state index contributed by atoms with van der Waals surface area (Å²) in [6, 6.07) is 9.29. The summed E-state index contributed by atoms with van der Waals surface area (Å²) in [6.45, 7) is 4.60. The van der Waals surface area contributed by atoms with Gasteiger partial charge >= 0.3 is 11.9 Å². The highest BCUT2D eigenvalue weighted by atomic mass is 32.1. The molecule has 146 valence electrons. The van der Waals surface area contributed by atoms with E-state index in [9.17, 15) is 14.0 Å². The van der Waals surface area contributed by atoms with Crippen molar-refractivity contribution in [1.82, 2.24) is 14.8 Å². The molecule has 1 aromatic carbocycles. The van der Waals surface area contributed by atoms with Crippen LogP contribution in [-0.2, 0) is 14.3 Å². The molecule has 0 atom stereocenters. The molecule has 0 unspecified atom stereocenters. The molecule has 0 radical (unpaired) electrons. The molecule has 0 aliphatic heterocycles. The van der Waals surface area contributed by atoms with Crippen LogP contribution in [0, 0.1) is 5.82 Å². The molecule has 0 saturated heterocycles. The molecule has 0 aliphatic carbocycles. The van der Waals surface area contributed by atoms with Crippen LogP contribution < -0.4 is 0 Å². The lowest BCUT2D eigenvalue weighted by atomic mass is 10.2. The monoisotopic (exact) mass is 403 g/mol. The van der Waals surface area contributed by atoms with Gasteiger partial charge in [-0.25, -0.2) is 18.7 Å². The quantitative estimate of drug-likeness (QED) is 0.605. The van der Waals surface area contributed by atoms with Gasteiger partial charge in [0, 0.05) is 0 Å². The number of carbonyl (C=O) groups excluding carboxylic acids is 2. The second-order valence-corrected chi connectivity index (χ2v) is 7.73. The van der Waals surface area contributed by atoms with Crippen LogP contribution in [0.25, 0.3) is 16.4 Å². The first-order valence-electron chi connectivity index (χ1n) is 8.39. The molecule has 2 heterocycles. The Kier molecular flexibility index (Phi) is 5.55. The minimum atomic E-state index is -0.857. The normalized spacial score (nSPS) is 11.3. The number of hydrogen-bond donors (Lipinski definition) is 0. The fraction of sp³-hybridized carbons (Fsp3) is 0.263. The van der Waals surface area contributed by atoms with E-state index in [-0.39, 0.29) is 5.82 Å². The zero-order chi connectivity index (χ0) is 20.3. The van der Waals surface area contributed by atoms with E-state index in [1.54, 1.807) is 20.8 Å². The van der Waals surface area contributed by atoms with Crippen molar-refractivity contribution in [3.63, 3.8) is 0 Å². The largest absolute Gasteiger partial charge is 0.457 e. The number of rotatable bonds is 5. The first-order valence-corrected chi connectivity index (χ1v) is 9.27. The lowest BCUT2D eigenvalue weighted by Crippen LogP contribution is -2.27. The molecule has 0 spiro atoms. The Morgan fingerprint density at radius 2 is 1.89 bits per heavy atom. The predicted octanol–water partition coefficient (Wildman–Crippen LogP) is 3.63. The van der Waals surface area contributed by atoms with Gasteiger partial charge < -0.3 is 9.47 Å². The Labute approximate surface area is 164 Å². The van der Waals surface area contributed by atoms with Gasteiger partial charge in [-0.15, -0.1) is 16.4 Å². The first-order chi connectivity index (χ1) is 13.2. The molecular weight excluding hydrogens is 385 g/mol. The Hall–Kier alpha value is -3.07. The van der Waals surface area contributed by atoms with Crippen molar-refractivity contribution in [2.75, 3.05) is 6.61 Å². The Bertz CT molecular complexity index is 976. The van der Waals surface area contributed by atoms with E-state index in [0.717, 1.165) is 4.88 Å². The number of esters is 2. The lowest BCUT2D eigenvalue weighted by molar-refractivity contribution is -0.158. The molecular formula is C19H18FN3O4S. The predicted molar refractivity (Wildman–Crippen MR) is 101 cm³/mol. The van der Waals surface area contributed by atoms with Crippen LogP contribution in [0.2, 0.25) is 0 Å². The number of nitrogens with zero attached hydrogens (tertiary/aromatic N) is 3. The summed E-state index contributed by atoms with van der Waals surface area (Å²) in [5, 5.41) is 6.04. The average molecular weight is 403 g/mol. The van der Waals surface area contributed by atoms with Crippen LogP contribution in [0.3, 0.4) is 0 Å². The van der Waals surface area contributed by atoms with E-state index in [1.165, 1.54) is 40.3 Å². The fourth-order valence-corrected chi connectivity index (χ4v) is 2.98. The van der Waals surface area contributed by atoms with E-state index >= 15 is 0 Å². The molecule has 28 heavy (non-hydrogen) atoms. The SMILES string of the molecule is CC(C)(C)OC(=O)COC(=O)c1nc(-c2cccs2)n(-c2ccc(F)cc2)n1. The molecule has 0 saturated carbocycles. The number of halogens is 1. The Balaban J connectivity index is 1.84. The molecule has 0 amide bonds. The zero-order valence-electron chi connectivity index (χ0n) is 15.5. The molecule has 0 N–H and O–H groups in total. The van der Waals surface area contributed by atoms with Crippen molar-refractivity contribution < 1.29 is 23.5 Å². The Morgan fingerprint density at radius 1 is 1.18 bits per heavy atom. The van der Waals surface area contributed by atoms with Gasteiger partial charge in [-0.1, -0.05) is 6.07 Å². The molecule has 2 aromatic heterocycles. The maximum atomic E-state index is 13.2. The van der Waals surface area contributed by atoms with Gasteiger partial charge in [0.25, 0.3) is 5.82 Å². The van der Waals surface area contributed by atoms with E-state index in [0.29, 0.717) is 11.5 Å². The van der Waals surface area contributed by atoms with E-state index < -0.39 is 30.0 Å². The van der Waals surface area contributed by atoms with Crippen LogP contribution in [-0.4, -0.2) is 38.9 Å². The van der Waals surface area contributed by atoms with Gasteiger partial charge in [-0.05, 0) is 56.5 Å². The third kappa shape index (κ3) is 4.80. The summed E-state index contributed by atoms with van der Waals surface area (Å²) in [5.41, 5.74) is -0.151. The van der Waals surface area contributed by atoms with Gasteiger partial charge in [0.2, 0.25) is 0 Å². The average Bonchev–Trinajstić information content (AvgIpc) is 3.28. The van der Waals surface area contributed by atoms with Gasteiger partial charge in [0.1, 0.15) is 11.4 Å². The summed E-state index contributed by atoms with van der Waals surface area (Å²) < 4.78 is 24.7. The summed E-state index contributed by atoms with van der Waals surface area (Å²) in [5.74, 6) is -1.72. The summed E-state index contributed by atoms with van der Waals surface area (Å²) in [7, 11) is 0. The van der Waals surface area contributed by atoms with Crippen molar-refractivity contribution in [3.05, 3.63) is 53.4 Å². The second-order valence-electron chi connectivity index (χ2n) is 6.79. The molecule has 7 nitrogen and oxygen atoms in total.